The van der Waals surface area contributed by atoms with E-state index >= 15 is 0 Å². The van der Waals surface area contributed by atoms with Gasteiger partial charge in [0.1, 0.15) is 0 Å². The van der Waals surface area contributed by atoms with Crippen LogP contribution in [0.5, 0.6) is 0 Å². The number of benzene rings is 4. The molecule has 0 saturated heterocycles. The van der Waals surface area contributed by atoms with Crippen LogP contribution in [-0.4, -0.2) is 15.0 Å². The SMILES string of the molecule is N#Cc1cc(-c2cc(C34CC5CC(CC(C5)C3)C4)cc(C34CC5CC(CC(C5)C3)C4)c2)cc(-c2nc(-c3ccccc3)nc(-c3ccccc3)n2)c1. The van der Waals surface area contributed by atoms with Gasteiger partial charge in [-0.3, -0.25) is 0 Å². The van der Waals surface area contributed by atoms with Gasteiger partial charge in [-0.2, -0.15) is 5.26 Å². The van der Waals surface area contributed by atoms with Crippen LogP contribution in [0.4, 0.5) is 0 Å². The predicted molar refractivity (Wildman–Crippen MR) is 206 cm³/mol. The van der Waals surface area contributed by atoms with Gasteiger partial charge >= 0.3 is 0 Å². The first-order valence-corrected chi connectivity index (χ1v) is 20.1. The molecule has 8 saturated carbocycles. The second kappa shape index (κ2) is 11.7. The lowest BCUT2D eigenvalue weighted by molar-refractivity contribution is -0.00832. The highest BCUT2D eigenvalue weighted by Gasteiger charge is 2.54. The fourth-order valence-electron chi connectivity index (χ4n) is 13.3. The Balaban J connectivity index is 1.08. The molecule has 0 N–H and O–H groups in total. The lowest BCUT2D eigenvalue weighted by Crippen LogP contribution is -2.50. The molecule has 1 heterocycles. The summed E-state index contributed by atoms with van der Waals surface area (Å²) in [5.41, 5.74) is 9.61. The monoisotopic (exact) mass is 678 g/mol. The van der Waals surface area contributed by atoms with Gasteiger partial charge in [0.25, 0.3) is 0 Å². The van der Waals surface area contributed by atoms with Gasteiger partial charge in [-0.25, -0.2) is 15.0 Å². The zero-order valence-electron chi connectivity index (χ0n) is 30.0. The summed E-state index contributed by atoms with van der Waals surface area (Å²) in [4.78, 5) is 15.1. The van der Waals surface area contributed by atoms with Crippen LogP contribution in [0.1, 0.15) is 93.7 Å². The van der Waals surface area contributed by atoms with Crippen molar-refractivity contribution in [1.29, 1.82) is 5.26 Å². The summed E-state index contributed by atoms with van der Waals surface area (Å²) in [7, 11) is 0. The predicted octanol–water partition coefficient (Wildman–Crippen LogP) is 11.3. The molecule has 258 valence electrons. The average molecular weight is 679 g/mol. The molecule has 0 aliphatic heterocycles. The molecular weight excluding hydrogens is 633 g/mol. The third-order valence-corrected chi connectivity index (χ3v) is 14.6. The van der Waals surface area contributed by atoms with E-state index in [0.29, 0.717) is 33.9 Å². The Morgan fingerprint density at radius 2 is 0.788 bits per heavy atom. The van der Waals surface area contributed by atoms with Crippen molar-refractivity contribution in [2.75, 3.05) is 0 Å². The molecule has 8 aliphatic rings. The van der Waals surface area contributed by atoms with Crippen LogP contribution in [-0.2, 0) is 10.8 Å². The van der Waals surface area contributed by atoms with Crippen molar-refractivity contribution in [2.24, 2.45) is 35.5 Å². The van der Waals surface area contributed by atoms with E-state index in [0.717, 1.165) is 57.8 Å². The molecule has 0 spiro atoms. The Kier molecular flexibility index (Phi) is 6.96. The van der Waals surface area contributed by atoms with Gasteiger partial charge in [0.15, 0.2) is 17.5 Å². The van der Waals surface area contributed by atoms with Crippen LogP contribution in [0.15, 0.2) is 97.1 Å². The third kappa shape index (κ3) is 5.18. The van der Waals surface area contributed by atoms with Gasteiger partial charge in [-0.05, 0) is 164 Å². The second-order valence-electron chi connectivity index (χ2n) is 18.1. The highest BCUT2D eigenvalue weighted by Crippen LogP contribution is 2.64. The Labute approximate surface area is 307 Å². The molecule has 0 amide bonds. The first kappa shape index (κ1) is 31.0. The smallest absolute Gasteiger partial charge is 0.164 e. The quantitative estimate of drug-likeness (QED) is 0.179. The summed E-state index contributed by atoms with van der Waals surface area (Å²) in [5, 5.41) is 10.5. The Morgan fingerprint density at radius 3 is 1.19 bits per heavy atom. The lowest BCUT2D eigenvalue weighted by Gasteiger charge is -2.58. The standard InChI is InChI=1S/C48H46N4/c49-29-36-17-39(19-41(18-36)46-51-44(37-7-3-1-4-8-37)50-45(52-46)38-9-5-2-6-10-38)40-20-42(47-23-30-11-31(24-47)13-32(12-30)25-47)22-43(21-40)48-26-33-14-34(27-48)16-35(15-33)28-48/h1-10,17-22,30-35H,11-16,23-28H2. The van der Waals surface area contributed by atoms with Gasteiger partial charge in [0.2, 0.25) is 0 Å². The minimum Gasteiger partial charge on any atom is -0.208 e. The molecular formula is C48H46N4. The molecule has 4 nitrogen and oxygen atoms in total. The van der Waals surface area contributed by atoms with Crippen LogP contribution in [0, 0.1) is 46.8 Å². The van der Waals surface area contributed by atoms with Crippen molar-refractivity contribution in [2.45, 2.75) is 87.9 Å². The van der Waals surface area contributed by atoms with E-state index in [4.69, 9.17) is 15.0 Å². The molecule has 8 bridgehead atoms. The Morgan fingerprint density at radius 1 is 0.423 bits per heavy atom. The number of hydrogen-bond donors (Lipinski definition) is 0. The van der Waals surface area contributed by atoms with E-state index in [1.165, 1.54) is 82.6 Å². The second-order valence-corrected chi connectivity index (χ2v) is 18.1. The molecule has 4 aromatic carbocycles. The summed E-state index contributed by atoms with van der Waals surface area (Å²) < 4.78 is 0. The number of nitriles is 1. The molecule has 8 fully saturated rings. The highest BCUT2D eigenvalue weighted by atomic mass is 15.0. The summed E-state index contributed by atoms with van der Waals surface area (Å²) in [6, 6.07) is 37.0. The molecule has 0 atom stereocenters. The molecule has 8 aliphatic carbocycles. The van der Waals surface area contributed by atoms with Crippen LogP contribution < -0.4 is 0 Å². The third-order valence-electron chi connectivity index (χ3n) is 14.6. The van der Waals surface area contributed by atoms with E-state index in [9.17, 15) is 5.26 Å². The fraction of sp³-hybridized carbons (Fsp3) is 0.417. The molecule has 0 unspecified atom stereocenters. The number of hydrogen-bond acceptors (Lipinski definition) is 4. The van der Waals surface area contributed by atoms with E-state index < -0.39 is 0 Å². The Hall–Kier alpha value is -4.62. The van der Waals surface area contributed by atoms with Crippen molar-refractivity contribution in [3.8, 4) is 51.4 Å². The Bertz CT molecular complexity index is 2040. The summed E-state index contributed by atoms with van der Waals surface area (Å²) in [5.74, 6) is 7.26. The number of rotatable bonds is 6. The van der Waals surface area contributed by atoms with Crippen LogP contribution >= 0.6 is 0 Å². The van der Waals surface area contributed by atoms with Crippen LogP contribution in [0.2, 0.25) is 0 Å². The minimum absolute atomic E-state index is 0.306. The topological polar surface area (TPSA) is 62.5 Å². The van der Waals surface area contributed by atoms with Crippen molar-refractivity contribution >= 4 is 0 Å². The molecule has 52 heavy (non-hydrogen) atoms. The van der Waals surface area contributed by atoms with Crippen LogP contribution in [0.25, 0.3) is 45.3 Å². The van der Waals surface area contributed by atoms with E-state index in [1.807, 2.05) is 66.7 Å². The fourth-order valence-corrected chi connectivity index (χ4v) is 13.3. The van der Waals surface area contributed by atoms with E-state index in [-0.39, 0.29) is 0 Å². The van der Waals surface area contributed by atoms with Gasteiger partial charge in [0, 0.05) is 16.7 Å². The maximum Gasteiger partial charge on any atom is 0.164 e. The molecule has 0 radical (unpaired) electrons. The van der Waals surface area contributed by atoms with Crippen molar-refractivity contribution < 1.29 is 0 Å². The zero-order valence-corrected chi connectivity index (χ0v) is 30.0. The number of aromatic nitrogens is 3. The molecule has 1 aromatic heterocycles. The zero-order chi connectivity index (χ0) is 34.4. The summed E-state index contributed by atoms with van der Waals surface area (Å²) in [6.45, 7) is 0. The van der Waals surface area contributed by atoms with Gasteiger partial charge < -0.3 is 0 Å². The molecule has 5 aromatic rings. The average Bonchev–Trinajstić information content (AvgIpc) is 3.17. The van der Waals surface area contributed by atoms with E-state index in [1.54, 1.807) is 11.1 Å². The minimum atomic E-state index is 0.306. The summed E-state index contributed by atoms with van der Waals surface area (Å²) >= 11 is 0. The van der Waals surface area contributed by atoms with Crippen LogP contribution in [0.3, 0.4) is 0 Å². The first-order valence-electron chi connectivity index (χ1n) is 20.1. The van der Waals surface area contributed by atoms with Crippen molar-refractivity contribution in [1.82, 2.24) is 15.0 Å². The normalized spacial score (nSPS) is 32.2. The number of nitrogens with zero attached hydrogens (tertiary/aromatic N) is 4. The van der Waals surface area contributed by atoms with Gasteiger partial charge in [-0.1, -0.05) is 78.9 Å². The maximum atomic E-state index is 10.5. The molecule has 4 heteroatoms. The lowest BCUT2D eigenvalue weighted by atomic mass is 9.46. The van der Waals surface area contributed by atoms with Gasteiger partial charge in [-0.15, -0.1) is 0 Å². The van der Waals surface area contributed by atoms with Gasteiger partial charge in [0.05, 0.1) is 11.6 Å². The molecule has 13 rings (SSSR count). The first-order chi connectivity index (χ1) is 25.5. The largest absolute Gasteiger partial charge is 0.208 e. The summed E-state index contributed by atoms with van der Waals surface area (Å²) in [6.07, 6.45) is 16.9. The van der Waals surface area contributed by atoms with E-state index in [2.05, 4.69) is 36.4 Å². The van der Waals surface area contributed by atoms with Crippen molar-refractivity contribution in [3.05, 3.63) is 114 Å². The highest BCUT2D eigenvalue weighted by molar-refractivity contribution is 5.75. The maximum absolute atomic E-state index is 10.5. The van der Waals surface area contributed by atoms with Crippen molar-refractivity contribution in [3.63, 3.8) is 0 Å².